The Morgan fingerprint density at radius 2 is 1.88 bits per heavy atom. The Bertz CT molecular complexity index is 924. The van der Waals surface area contributed by atoms with Gasteiger partial charge in [-0.05, 0) is 19.1 Å². The third kappa shape index (κ3) is 4.05. The van der Waals surface area contributed by atoms with Crippen LogP contribution in [0.15, 0.2) is 45.7 Å². The van der Waals surface area contributed by atoms with Crippen molar-refractivity contribution in [3.05, 3.63) is 46.2 Å². The fourth-order valence-electron chi connectivity index (χ4n) is 1.89. The lowest BCUT2D eigenvalue weighted by Gasteiger charge is -2.15. The number of ketones is 1. The van der Waals surface area contributed by atoms with E-state index in [-0.39, 0.29) is 17.2 Å². The highest BCUT2D eigenvalue weighted by molar-refractivity contribution is 7.89. The van der Waals surface area contributed by atoms with E-state index in [0.717, 1.165) is 4.31 Å². The van der Waals surface area contributed by atoms with E-state index in [1.807, 2.05) is 0 Å². The van der Waals surface area contributed by atoms with E-state index >= 15 is 0 Å². The van der Waals surface area contributed by atoms with Crippen molar-refractivity contribution in [1.82, 2.24) is 8.87 Å². The van der Waals surface area contributed by atoms with Crippen LogP contribution >= 0.6 is 11.3 Å². The molecule has 0 N–H and O–H groups in total. The van der Waals surface area contributed by atoms with Crippen LogP contribution < -0.4 is 4.80 Å². The van der Waals surface area contributed by atoms with Gasteiger partial charge in [-0.15, -0.1) is 11.3 Å². The molecule has 0 aliphatic rings. The molecule has 9 heteroatoms. The van der Waals surface area contributed by atoms with Gasteiger partial charge in [-0.25, -0.2) is 8.42 Å². The van der Waals surface area contributed by atoms with Gasteiger partial charge in [0, 0.05) is 31.2 Å². The molecule has 1 heterocycles. The topological polar surface area (TPSA) is 88.8 Å². The third-order valence-corrected chi connectivity index (χ3v) is 5.97. The van der Waals surface area contributed by atoms with E-state index in [0.29, 0.717) is 10.4 Å². The number of nitrogens with zero attached hydrogens (tertiary/aromatic N) is 3. The molecule has 0 fully saturated rings. The number of Topliss-reactive ketones (excluding diaryl/α,β-unsaturated/α-hetero) is 1. The monoisotopic (exact) mass is 367 g/mol. The largest absolute Gasteiger partial charge is 0.327 e. The molecular formula is C15H17N3O4S2. The molecule has 0 unspecified atom stereocenters. The summed E-state index contributed by atoms with van der Waals surface area (Å²) in [4.78, 5) is 27.6. The molecule has 1 amide bonds. The SMILES string of the molecule is CC(=O)c1ccc(S(=O)(=O)N(C)CC(=O)N=c2sccn2C)cc1. The molecule has 24 heavy (non-hydrogen) atoms. The molecule has 0 radical (unpaired) electrons. The number of likely N-dealkylation sites (N-methyl/N-ethyl adjacent to an activating group) is 1. The molecule has 0 aliphatic carbocycles. The summed E-state index contributed by atoms with van der Waals surface area (Å²) < 4.78 is 27.5. The average Bonchev–Trinajstić information content (AvgIpc) is 2.92. The van der Waals surface area contributed by atoms with Gasteiger partial charge in [0.2, 0.25) is 10.0 Å². The van der Waals surface area contributed by atoms with Crippen molar-refractivity contribution < 1.29 is 18.0 Å². The Hall–Kier alpha value is -2.10. The van der Waals surface area contributed by atoms with Crippen LogP contribution in [0.25, 0.3) is 0 Å². The van der Waals surface area contributed by atoms with Crippen LogP contribution in [0.2, 0.25) is 0 Å². The summed E-state index contributed by atoms with van der Waals surface area (Å²) in [6.45, 7) is 1.04. The second-order valence-corrected chi connectivity index (χ2v) is 8.06. The quantitative estimate of drug-likeness (QED) is 0.739. The van der Waals surface area contributed by atoms with Crippen molar-refractivity contribution in [1.29, 1.82) is 0 Å². The molecule has 2 rings (SSSR count). The highest BCUT2D eigenvalue weighted by Crippen LogP contribution is 2.15. The first-order valence-corrected chi connectivity index (χ1v) is 9.29. The van der Waals surface area contributed by atoms with Gasteiger partial charge in [-0.2, -0.15) is 9.30 Å². The number of carbonyl (C=O) groups excluding carboxylic acids is 2. The molecule has 0 saturated carbocycles. The van der Waals surface area contributed by atoms with Crippen molar-refractivity contribution in [2.24, 2.45) is 12.0 Å². The number of aromatic nitrogens is 1. The van der Waals surface area contributed by atoms with Gasteiger partial charge < -0.3 is 4.57 Å². The number of sulfonamides is 1. The minimum Gasteiger partial charge on any atom is -0.327 e. The number of thiazole rings is 1. The van der Waals surface area contributed by atoms with E-state index in [9.17, 15) is 18.0 Å². The zero-order valence-corrected chi connectivity index (χ0v) is 15.1. The molecular weight excluding hydrogens is 350 g/mol. The molecule has 0 saturated heterocycles. The summed E-state index contributed by atoms with van der Waals surface area (Å²) >= 11 is 1.29. The van der Waals surface area contributed by atoms with Crippen LogP contribution in [-0.4, -0.2) is 42.6 Å². The van der Waals surface area contributed by atoms with Gasteiger partial charge in [-0.3, -0.25) is 9.59 Å². The standard InChI is InChI=1S/C15H17N3O4S2/c1-11(19)12-4-6-13(7-5-12)24(21,22)18(3)10-14(20)16-15-17(2)8-9-23-15/h4-9H,10H2,1-3H3. The number of benzene rings is 1. The lowest BCUT2D eigenvalue weighted by Crippen LogP contribution is -2.32. The Balaban J connectivity index is 2.18. The van der Waals surface area contributed by atoms with E-state index < -0.39 is 15.9 Å². The molecule has 0 spiro atoms. The van der Waals surface area contributed by atoms with Gasteiger partial charge in [0.15, 0.2) is 10.6 Å². The Labute approximate surface area is 143 Å². The summed E-state index contributed by atoms with van der Waals surface area (Å²) in [6, 6.07) is 5.59. The lowest BCUT2D eigenvalue weighted by molar-refractivity contribution is -0.118. The number of rotatable bonds is 5. The molecule has 7 nitrogen and oxygen atoms in total. The fourth-order valence-corrected chi connectivity index (χ4v) is 3.76. The molecule has 1 aromatic carbocycles. The van der Waals surface area contributed by atoms with E-state index in [1.165, 1.54) is 49.6 Å². The Morgan fingerprint density at radius 3 is 2.38 bits per heavy atom. The summed E-state index contributed by atoms with van der Waals surface area (Å²) in [6.07, 6.45) is 1.76. The Kier molecular flexibility index (Phi) is 5.47. The van der Waals surface area contributed by atoms with Gasteiger partial charge >= 0.3 is 0 Å². The third-order valence-electron chi connectivity index (χ3n) is 3.31. The summed E-state index contributed by atoms with van der Waals surface area (Å²) in [7, 11) is -0.763. The van der Waals surface area contributed by atoms with Gasteiger partial charge in [0.05, 0.1) is 11.4 Å². The minimum absolute atomic E-state index is 0.0180. The molecule has 128 valence electrons. The van der Waals surface area contributed by atoms with Crippen LogP contribution in [-0.2, 0) is 21.9 Å². The van der Waals surface area contributed by atoms with Crippen molar-refractivity contribution in [3.63, 3.8) is 0 Å². The second kappa shape index (κ2) is 7.20. The predicted octanol–water partition coefficient (Wildman–Crippen LogP) is 1.04. The molecule has 0 bridgehead atoms. The van der Waals surface area contributed by atoms with Crippen molar-refractivity contribution in [2.75, 3.05) is 13.6 Å². The fraction of sp³-hybridized carbons (Fsp3) is 0.267. The average molecular weight is 367 g/mol. The first kappa shape index (κ1) is 18.2. The zero-order chi connectivity index (χ0) is 17.9. The molecule has 0 atom stereocenters. The first-order chi connectivity index (χ1) is 11.2. The van der Waals surface area contributed by atoms with Crippen LogP contribution in [0.3, 0.4) is 0 Å². The van der Waals surface area contributed by atoms with Crippen molar-refractivity contribution in [3.8, 4) is 0 Å². The highest BCUT2D eigenvalue weighted by Gasteiger charge is 2.23. The molecule has 0 aliphatic heterocycles. The van der Waals surface area contributed by atoms with Gasteiger partial charge in [-0.1, -0.05) is 12.1 Å². The zero-order valence-electron chi connectivity index (χ0n) is 13.5. The maximum absolute atomic E-state index is 12.5. The second-order valence-electron chi connectivity index (χ2n) is 5.14. The lowest BCUT2D eigenvalue weighted by atomic mass is 10.2. The predicted molar refractivity (Wildman–Crippen MR) is 90.1 cm³/mol. The summed E-state index contributed by atoms with van der Waals surface area (Å²) in [5.41, 5.74) is 0.424. The van der Waals surface area contributed by atoms with Crippen LogP contribution in [0.4, 0.5) is 0 Å². The highest BCUT2D eigenvalue weighted by atomic mass is 32.2. The van der Waals surface area contributed by atoms with E-state index in [4.69, 9.17) is 0 Å². The maximum atomic E-state index is 12.5. The number of carbonyl (C=O) groups is 2. The number of amides is 1. The summed E-state index contributed by atoms with van der Waals surface area (Å²) in [5.74, 6) is -0.704. The number of hydrogen-bond acceptors (Lipinski definition) is 5. The number of aryl methyl sites for hydroxylation is 1. The molecule has 1 aromatic heterocycles. The Morgan fingerprint density at radius 1 is 1.25 bits per heavy atom. The molecule has 2 aromatic rings. The van der Waals surface area contributed by atoms with E-state index in [1.54, 1.807) is 23.2 Å². The summed E-state index contributed by atoms with van der Waals surface area (Å²) in [5, 5.41) is 1.78. The normalized spacial score (nSPS) is 12.6. The van der Waals surface area contributed by atoms with Gasteiger partial charge in [0.1, 0.15) is 0 Å². The van der Waals surface area contributed by atoms with Crippen molar-refractivity contribution in [2.45, 2.75) is 11.8 Å². The number of hydrogen-bond donors (Lipinski definition) is 0. The van der Waals surface area contributed by atoms with Crippen LogP contribution in [0.5, 0.6) is 0 Å². The van der Waals surface area contributed by atoms with Crippen LogP contribution in [0, 0.1) is 0 Å². The smallest absolute Gasteiger partial charge is 0.263 e. The van der Waals surface area contributed by atoms with Crippen LogP contribution in [0.1, 0.15) is 17.3 Å². The van der Waals surface area contributed by atoms with E-state index in [2.05, 4.69) is 4.99 Å². The maximum Gasteiger partial charge on any atom is 0.263 e. The minimum atomic E-state index is -3.83. The first-order valence-electron chi connectivity index (χ1n) is 6.97. The van der Waals surface area contributed by atoms with Gasteiger partial charge in [0.25, 0.3) is 5.91 Å². The van der Waals surface area contributed by atoms with Crippen molar-refractivity contribution >= 4 is 33.1 Å².